The summed E-state index contributed by atoms with van der Waals surface area (Å²) in [5.41, 5.74) is 0. The molecule has 6 heteroatoms. The normalized spacial score (nSPS) is 20.4. The number of guanidine groups is 1. The minimum Gasteiger partial charge on any atom is -0.486 e. The molecule has 0 saturated heterocycles. The third-order valence-corrected chi connectivity index (χ3v) is 3.64. The lowest BCUT2D eigenvalue weighted by atomic mass is 10.2. The molecule has 1 aromatic carbocycles. The van der Waals surface area contributed by atoms with Gasteiger partial charge in [0.15, 0.2) is 17.5 Å². The van der Waals surface area contributed by atoms with Crippen molar-refractivity contribution < 1.29 is 9.47 Å². The van der Waals surface area contributed by atoms with E-state index in [1.165, 1.54) is 0 Å². The fraction of sp³-hybridized carbons (Fsp3) is 0.438. The van der Waals surface area contributed by atoms with Crippen molar-refractivity contribution in [3.63, 3.8) is 0 Å². The highest BCUT2D eigenvalue weighted by Gasteiger charge is 2.21. The van der Waals surface area contributed by atoms with Gasteiger partial charge in [-0.2, -0.15) is 0 Å². The van der Waals surface area contributed by atoms with Gasteiger partial charge >= 0.3 is 0 Å². The number of hydrogen-bond donors (Lipinski definition) is 2. The van der Waals surface area contributed by atoms with Crippen molar-refractivity contribution in [3.8, 4) is 11.5 Å². The number of rotatable bonds is 3. The Bertz CT molecular complexity index is 540. The highest BCUT2D eigenvalue weighted by atomic mass is 127. The van der Waals surface area contributed by atoms with Crippen LogP contribution in [0.1, 0.15) is 12.8 Å². The van der Waals surface area contributed by atoms with Crippen LogP contribution in [0.5, 0.6) is 11.5 Å². The van der Waals surface area contributed by atoms with Gasteiger partial charge in [0, 0.05) is 13.1 Å². The fourth-order valence-electron chi connectivity index (χ4n) is 2.50. The lowest BCUT2D eigenvalue weighted by Gasteiger charge is -2.27. The predicted molar refractivity (Wildman–Crippen MR) is 98.4 cm³/mol. The molecule has 22 heavy (non-hydrogen) atoms. The monoisotopic (exact) mass is 415 g/mol. The molecule has 1 aliphatic carbocycles. The molecule has 5 nitrogen and oxygen atoms in total. The first kappa shape index (κ1) is 16.9. The van der Waals surface area contributed by atoms with Gasteiger partial charge < -0.3 is 20.1 Å². The van der Waals surface area contributed by atoms with Crippen molar-refractivity contribution in [2.45, 2.75) is 25.0 Å². The van der Waals surface area contributed by atoms with Gasteiger partial charge in [0.05, 0.1) is 6.54 Å². The van der Waals surface area contributed by atoms with E-state index < -0.39 is 0 Å². The topological polar surface area (TPSA) is 54.9 Å². The lowest BCUT2D eigenvalue weighted by Crippen LogP contribution is -2.47. The number of nitrogens with one attached hydrogen (secondary N) is 2. The minimum absolute atomic E-state index is 0. The van der Waals surface area contributed by atoms with Crippen LogP contribution >= 0.6 is 24.0 Å². The molecule has 1 aromatic rings. The quantitative estimate of drug-likeness (QED) is 0.345. The number of ether oxygens (including phenoxy) is 2. The van der Waals surface area contributed by atoms with E-state index in [1.54, 1.807) is 7.05 Å². The molecule has 3 rings (SSSR count). The minimum atomic E-state index is -0.0137. The van der Waals surface area contributed by atoms with Crippen molar-refractivity contribution in [2.24, 2.45) is 4.99 Å². The second kappa shape index (κ2) is 8.26. The standard InChI is InChI=1S/C16H21N3O2.HI/c1-17-16(19-12-6-2-3-7-12)18-10-13-11-20-14-8-4-5-9-15(14)21-13;/h2-5,8-9,12-13H,6-7,10-11H2,1H3,(H2,17,18,19);1H. The molecule has 1 unspecified atom stereocenters. The number of aliphatic imine (C=N–C) groups is 1. The average Bonchev–Trinajstić information content (AvgIpc) is 3.04. The summed E-state index contributed by atoms with van der Waals surface area (Å²) in [5.74, 6) is 2.43. The molecular weight excluding hydrogens is 393 g/mol. The highest BCUT2D eigenvalue weighted by molar-refractivity contribution is 14.0. The van der Waals surface area contributed by atoms with Gasteiger partial charge in [-0.1, -0.05) is 24.3 Å². The molecule has 0 bridgehead atoms. The van der Waals surface area contributed by atoms with Crippen LogP contribution in [0, 0.1) is 0 Å². The van der Waals surface area contributed by atoms with Gasteiger partial charge in [-0.05, 0) is 25.0 Å². The molecule has 0 spiro atoms. The maximum atomic E-state index is 5.91. The number of halogens is 1. The summed E-state index contributed by atoms with van der Waals surface area (Å²) < 4.78 is 11.6. The largest absolute Gasteiger partial charge is 0.486 e. The summed E-state index contributed by atoms with van der Waals surface area (Å²) in [6, 6.07) is 8.19. The molecule has 1 aliphatic heterocycles. The summed E-state index contributed by atoms with van der Waals surface area (Å²) in [5, 5.41) is 6.71. The van der Waals surface area contributed by atoms with E-state index in [2.05, 4.69) is 27.8 Å². The lowest BCUT2D eigenvalue weighted by molar-refractivity contribution is 0.0936. The SMILES string of the molecule is CN=C(NCC1COc2ccccc2O1)NC1CC=CC1.I. The molecule has 0 saturated carbocycles. The molecular formula is C16H22IN3O2. The van der Waals surface area contributed by atoms with Crippen molar-refractivity contribution in [1.29, 1.82) is 0 Å². The fourth-order valence-corrected chi connectivity index (χ4v) is 2.50. The van der Waals surface area contributed by atoms with E-state index in [4.69, 9.17) is 9.47 Å². The van der Waals surface area contributed by atoms with Gasteiger partial charge in [-0.15, -0.1) is 24.0 Å². The van der Waals surface area contributed by atoms with Crippen molar-refractivity contribution in [3.05, 3.63) is 36.4 Å². The van der Waals surface area contributed by atoms with Crippen molar-refractivity contribution in [1.82, 2.24) is 10.6 Å². The summed E-state index contributed by atoms with van der Waals surface area (Å²) >= 11 is 0. The first-order chi connectivity index (χ1) is 10.3. The van der Waals surface area contributed by atoms with Crippen LogP contribution in [-0.4, -0.2) is 38.3 Å². The molecule has 2 aliphatic rings. The summed E-state index contributed by atoms with van der Waals surface area (Å²) in [4.78, 5) is 4.25. The Morgan fingerprint density at radius 3 is 2.68 bits per heavy atom. The molecule has 0 amide bonds. The van der Waals surface area contributed by atoms with E-state index >= 15 is 0 Å². The van der Waals surface area contributed by atoms with Crippen molar-refractivity contribution >= 4 is 29.9 Å². The van der Waals surface area contributed by atoms with Gasteiger partial charge in [0.1, 0.15) is 12.7 Å². The first-order valence-electron chi connectivity index (χ1n) is 7.36. The van der Waals surface area contributed by atoms with Crippen LogP contribution in [0.15, 0.2) is 41.4 Å². The van der Waals surface area contributed by atoms with Crippen LogP contribution < -0.4 is 20.1 Å². The van der Waals surface area contributed by atoms with Crippen LogP contribution in [-0.2, 0) is 0 Å². The number of fused-ring (bicyclic) bond motifs is 1. The van der Waals surface area contributed by atoms with E-state index in [0.29, 0.717) is 19.2 Å². The zero-order valence-electron chi connectivity index (χ0n) is 12.6. The molecule has 0 fully saturated rings. The average molecular weight is 415 g/mol. The zero-order chi connectivity index (χ0) is 14.5. The van der Waals surface area contributed by atoms with Crippen LogP contribution in [0.25, 0.3) is 0 Å². The van der Waals surface area contributed by atoms with E-state index in [0.717, 1.165) is 30.3 Å². The maximum Gasteiger partial charge on any atom is 0.191 e. The van der Waals surface area contributed by atoms with E-state index in [1.807, 2.05) is 24.3 Å². The van der Waals surface area contributed by atoms with Gasteiger partial charge in [-0.3, -0.25) is 4.99 Å². The Hall–Kier alpha value is -1.44. The van der Waals surface area contributed by atoms with Gasteiger partial charge in [-0.25, -0.2) is 0 Å². The highest BCUT2D eigenvalue weighted by Crippen LogP contribution is 2.30. The number of benzene rings is 1. The van der Waals surface area contributed by atoms with Crippen molar-refractivity contribution in [2.75, 3.05) is 20.2 Å². The molecule has 0 aromatic heterocycles. The molecule has 120 valence electrons. The van der Waals surface area contributed by atoms with E-state index in [9.17, 15) is 0 Å². The molecule has 2 N–H and O–H groups in total. The van der Waals surface area contributed by atoms with E-state index in [-0.39, 0.29) is 30.1 Å². The summed E-state index contributed by atoms with van der Waals surface area (Å²) in [7, 11) is 1.78. The first-order valence-corrected chi connectivity index (χ1v) is 7.36. The summed E-state index contributed by atoms with van der Waals surface area (Å²) in [6.07, 6.45) is 6.48. The summed E-state index contributed by atoms with van der Waals surface area (Å²) in [6.45, 7) is 1.21. The second-order valence-corrected chi connectivity index (χ2v) is 5.23. The van der Waals surface area contributed by atoms with Crippen LogP contribution in [0.2, 0.25) is 0 Å². The van der Waals surface area contributed by atoms with Crippen LogP contribution in [0.3, 0.4) is 0 Å². The Morgan fingerprint density at radius 2 is 1.95 bits per heavy atom. The molecule has 1 heterocycles. The molecule has 1 atom stereocenters. The maximum absolute atomic E-state index is 5.91. The Kier molecular flexibility index (Phi) is 6.35. The smallest absolute Gasteiger partial charge is 0.191 e. The van der Waals surface area contributed by atoms with Crippen LogP contribution in [0.4, 0.5) is 0 Å². The number of hydrogen-bond acceptors (Lipinski definition) is 3. The third-order valence-electron chi connectivity index (χ3n) is 3.64. The molecule has 0 radical (unpaired) electrons. The Labute approximate surface area is 148 Å². The second-order valence-electron chi connectivity index (χ2n) is 5.23. The van der Waals surface area contributed by atoms with Gasteiger partial charge in [0.2, 0.25) is 0 Å². The zero-order valence-corrected chi connectivity index (χ0v) is 14.9. The Balaban J connectivity index is 0.00000176. The Morgan fingerprint density at radius 1 is 1.23 bits per heavy atom. The predicted octanol–water partition coefficient (Wildman–Crippen LogP) is 2.33. The number of para-hydroxylation sites is 2. The number of nitrogens with zero attached hydrogens (tertiary/aromatic N) is 1. The third kappa shape index (κ3) is 4.28. The van der Waals surface area contributed by atoms with Gasteiger partial charge in [0.25, 0.3) is 0 Å².